The van der Waals surface area contributed by atoms with Crippen molar-refractivity contribution in [3.05, 3.63) is 64.8 Å². The van der Waals surface area contributed by atoms with Crippen LogP contribution in [0.4, 0.5) is 5.69 Å². The van der Waals surface area contributed by atoms with Gasteiger partial charge in [0.15, 0.2) is 0 Å². The van der Waals surface area contributed by atoms with Gasteiger partial charge in [0, 0.05) is 5.56 Å². The van der Waals surface area contributed by atoms with Crippen molar-refractivity contribution >= 4 is 17.6 Å². The topological polar surface area (TPSA) is 72.5 Å². The molecule has 0 bridgehead atoms. The van der Waals surface area contributed by atoms with E-state index in [9.17, 15) is 14.4 Å². The Labute approximate surface area is 127 Å². The lowest BCUT2D eigenvalue weighted by Gasteiger charge is -2.03. The molecule has 2 aromatic carbocycles. The van der Waals surface area contributed by atoms with Crippen molar-refractivity contribution in [3.8, 4) is 11.1 Å². The monoisotopic (exact) mass is 297 g/mol. The van der Waals surface area contributed by atoms with E-state index in [-0.39, 0.29) is 17.7 Å². The van der Waals surface area contributed by atoms with Crippen LogP contribution in [0.2, 0.25) is 0 Å². The molecule has 0 aliphatic carbocycles. The fourth-order valence-electron chi connectivity index (χ4n) is 1.91. The summed E-state index contributed by atoms with van der Waals surface area (Å²) in [7, 11) is 0. The zero-order chi connectivity index (χ0) is 15.9. The molecule has 22 heavy (non-hydrogen) atoms. The first-order chi connectivity index (χ1) is 10.6. The maximum atomic E-state index is 12.5. The molecule has 0 aromatic heterocycles. The summed E-state index contributed by atoms with van der Waals surface area (Å²) in [6.07, 6.45) is 0. The van der Waals surface area contributed by atoms with Crippen LogP contribution in [0.15, 0.2) is 59.4 Å². The molecule has 1 N–H and O–H groups in total. The van der Waals surface area contributed by atoms with Gasteiger partial charge < -0.3 is 10.1 Å². The van der Waals surface area contributed by atoms with Gasteiger partial charge in [-0.1, -0.05) is 48.5 Å². The van der Waals surface area contributed by atoms with E-state index in [0.717, 1.165) is 5.56 Å². The number of benzene rings is 1. The van der Waals surface area contributed by atoms with Gasteiger partial charge in [-0.2, -0.15) is 0 Å². The van der Waals surface area contributed by atoms with E-state index in [4.69, 9.17) is 0 Å². The molecule has 1 amide bonds. The lowest BCUT2D eigenvalue weighted by atomic mass is 10.1. The van der Waals surface area contributed by atoms with E-state index >= 15 is 0 Å². The van der Waals surface area contributed by atoms with Gasteiger partial charge in [-0.3, -0.25) is 9.59 Å². The minimum absolute atomic E-state index is 0.0295. The van der Waals surface area contributed by atoms with Crippen LogP contribution in [0.25, 0.3) is 11.1 Å². The maximum Gasteiger partial charge on any atom is 0.397 e. The molecule has 0 aliphatic rings. The summed E-state index contributed by atoms with van der Waals surface area (Å²) in [5, 5.41) is 2.30. The summed E-state index contributed by atoms with van der Waals surface area (Å²) in [4.78, 5) is 35.6. The molecule has 0 radical (unpaired) electrons. The van der Waals surface area contributed by atoms with E-state index in [1.807, 2.05) is 18.2 Å². The Morgan fingerprint density at radius 3 is 2.32 bits per heavy atom. The van der Waals surface area contributed by atoms with Crippen LogP contribution >= 0.6 is 0 Å². The molecule has 2 aromatic rings. The van der Waals surface area contributed by atoms with E-state index in [1.54, 1.807) is 37.3 Å². The average Bonchev–Trinajstić information content (AvgIpc) is 2.71. The lowest BCUT2D eigenvalue weighted by Crippen LogP contribution is -2.27. The summed E-state index contributed by atoms with van der Waals surface area (Å²) in [6.45, 7) is 1.69. The van der Waals surface area contributed by atoms with Gasteiger partial charge in [0.1, 0.15) is 0 Å². The number of amides is 1. The predicted molar refractivity (Wildman–Crippen MR) is 83.4 cm³/mol. The van der Waals surface area contributed by atoms with Crippen molar-refractivity contribution in [1.82, 2.24) is 0 Å². The molecular formula is C17H15NO4. The highest BCUT2D eigenvalue weighted by molar-refractivity contribution is 6.37. The molecule has 112 valence electrons. The predicted octanol–water partition coefficient (Wildman–Crippen LogP) is 2.22. The Morgan fingerprint density at radius 2 is 1.64 bits per heavy atom. The number of ether oxygens (including phenoxy) is 1. The van der Waals surface area contributed by atoms with Gasteiger partial charge in [0.05, 0.1) is 12.3 Å². The maximum absolute atomic E-state index is 12.5. The molecular weight excluding hydrogens is 282 g/mol. The number of esters is 1. The number of carbonyl (C=O) groups is 2. The summed E-state index contributed by atoms with van der Waals surface area (Å²) >= 11 is 0. The number of carbonyl (C=O) groups excluding carboxylic acids is 2. The number of hydrogen-bond donors (Lipinski definition) is 1. The van der Waals surface area contributed by atoms with Crippen LogP contribution in [-0.4, -0.2) is 18.5 Å². The first kappa shape index (κ1) is 15.4. The van der Waals surface area contributed by atoms with Crippen LogP contribution in [0, 0.1) is 0 Å². The Hall–Kier alpha value is -2.95. The average molecular weight is 297 g/mol. The Balaban J connectivity index is 2.39. The zero-order valence-corrected chi connectivity index (χ0v) is 12.0. The third-order valence-corrected chi connectivity index (χ3v) is 2.92. The molecule has 0 unspecified atom stereocenters. The lowest BCUT2D eigenvalue weighted by molar-refractivity contribution is -0.152. The second-order valence-corrected chi connectivity index (χ2v) is 4.42. The van der Waals surface area contributed by atoms with Gasteiger partial charge in [-0.05, 0) is 18.6 Å². The molecule has 0 heterocycles. The van der Waals surface area contributed by atoms with Crippen molar-refractivity contribution < 1.29 is 14.3 Å². The number of rotatable bonds is 3. The van der Waals surface area contributed by atoms with Crippen molar-refractivity contribution in [2.24, 2.45) is 0 Å². The largest absolute Gasteiger partial charge is 0.459 e. The molecule has 5 heteroatoms. The molecule has 0 fully saturated rings. The molecule has 0 saturated heterocycles. The van der Waals surface area contributed by atoms with Gasteiger partial charge in [0.25, 0.3) is 0 Å². The molecule has 0 aliphatic heterocycles. The van der Waals surface area contributed by atoms with Crippen molar-refractivity contribution in [2.75, 3.05) is 11.9 Å². The standard InChI is InChI=1S/C17H15NO4/c1-2-22-17(21)16(20)18-14-11-7-6-10-13(15(14)19)12-8-4-3-5-9-12/h3-11H,2H2,1H3,(H,18,19,20). The highest BCUT2D eigenvalue weighted by atomic mass is 16.5. The highest BCUT2D eigenvalue weighted by Crippen LogP contribution is 2.15. The Morgan fingerprint density at radius 1 is 1.00 bits per heavy atom. The third kappa shape index (κ3) is 3.58. The zero-order valence-electron chi connectivity index (χ0n) is 12.0. The molecule has 2 rings (SSSR count). The summed E-state index contributed by atoms with van der Waals surface area (Å²) < 4.78 is 4.60. The highest BCUT2D eigenvalue weighted by Gasteiger charge is 2.16. The fraction of sp³-hybridized carbons (Fsp3) is 0.118. The Bertz CT molecular complexity index is 741. The SMILES string of the molecule is CCOC(=O)C(=O)Nc1ccccc(-c2ccccc2)c1=O. The third-order valence-electron chi connectivity index (χ3n) is 2.92. The van der Waals surface area contributed by atoms with Crippen LogP contribution in [0.3, 0.4) is 0 Å². The minimum Gasteiger partial charge on any atom is -0.459 e. The van der Waals surface area contributed by atoms with Crippen LogP contribution < -0.4 is 10.7 Å². The van der Waals surface area contributed by atoms with E-state index < -0.39 is 11.9 Å². The normalized spacial score (nSPS) is 9.86. The molecule has 5 nitrogen and oxygen atoms in total. The van der Waals surface area contributed by atoms with Crippen molar-refractivity contribution in [2.45, 2.75) is 6.92 Å². The van der Waals surface area contributed by atoms with Gasteiger partial charge >= 0.3 is 11.9 Å². The number of hydrogen-bond acceptors (Lipinski definition) is 4. The van der Waals surface area contributed by atoms with Crippen molar-refractivity contribution in [3.63, 3.8) is 0 Å². The molecule has 0 saturated carbocycles. The quantitative estimate of drug-likeness (QED) is 0.696. The van der Waals surface area contributed by atoms with Crippen LogP contribution in [-0.2, 0) is 14.3 Å². The summed E-state index contributed by atoms with van der Waals surface area (Å²) in [5.74, 6) is -1.99. The second-order valence-electron chi connectivity index (χ2n) is 4.42. The van der Waals surface area contributed by atoms with E-state index in [1.165, 1.54) is 6.07 Å². The van der Waals surface area contributed by atoms with E-state index in [2.05, 4.69) is 10.1 Å². The second kappa shape index (κ2) is 7.17. The first-order valence-electron chi connectivity index (χ1n) is 6.80. The summed E-state index contributed by atoms with van der Waals surface area (Å²) in [6, 6.07) is 15.5. The van der Waals surface area contributed by atoms with Gasteiger partial charge in [0.2, 0.25) is 5.43 Å². The minimum atomic E-state index is -1.02. The van der Waals surface area contributed by atoms with Crippen LogP contribution in [0.5, 0.6) is 0 Å². The Kier molecular flexibility index (Phi) is 5.03. The van der Waals surface area contributed by atoms with Gasteiger partial charge in [-0.25, -0.2) is 4.79 Å². The molecule has 0 atom stereocenters. The first-order valence-corrected chi connectivity index (χ1v) is 6.80. The number of anilines is 1. The summed E-state index contributed by atoms with van der Waals surface area (Å²) in [5.41, 5.74) is 0.829. The van der Waals surface area contributed by atoms with Gasteiger partial charge in [-0.15, -0.1) is 0 Å². The van der Waals surface area contributed by atoms with Crippen LogP contribution in [0.1, 0.15) is 6.92 Å². The number of nitrogens with one attached hydrogen (secondary N) is 1. The van der Waals surface area contributed by atoms with E-state index in [0.29, 0.717) is 5.56 Å². The smallest absolute Gasteiger partial charge is 0.397 e. The molecule has 0 spiro atoms. The fourth-order valence-corrected chi connectivity index (χ4v) is 1.91. The van der Waals surface area contributed by atoms with Crippen molar-refractivity contribution in [1.29, 1.82) is 0 Å².